The number of halogens is 3. The Morgan fingerprint density at radius 3 is 2.50 bits per heavy atom. The second kappa shape index (κ2) is 9.38. The van der Waals surface area contributed by atoms with E-state index >= 15 is 0 Å². The van der Waals surface area contributed by atoms with Gasteiger partial charge in [-0.15, -0.1) is 0 Å². The molecule has 0 amide bonds. The van der Waals surface area contributed by atoms with Gasteiger partial charge in [0.25, 0.3) is 0 Å². The third-order valence-electron chi connectivity index (χ3n) is 4.06. The number of aryl methyl sites for hydroxylation is 2. The van der Waals surface area contributed by atoms with Crippen molar-refractivity contribution in [3.05, 3.63) is 80.0 Å². The summed E-state index contributed by atoms with van der Waals surface area (Å²) in [6.07, 6.45) is 1.58. The molecular weight excluding hydrogens is 451 g/mol. The Morgan fingerprint density at radius 2 is 1.83 bits per heavy atom. The Balaban J connectivity index is 1.62. The van der Waals surface area contributed by atoms with E-state index in [4.69, 9.17) is 50.1 Å². The van der Waals surface area contributed by atoms with E-state index in [1.807, 2.05) is 26.0 Å². The number of hydrogen-bond donors (Lipinski definition) is 1. The van der Waals surface area contributed by atoms with Crippen molar-refractivity contribution < 1.29 is 14.4 Å². The van der Waals surface area contributed by atoms with Crippen LogP contribution in [0.15, 0.2) is 47.8 Å². The zero-order valence-corrected chi connectivity index (χ0v) is 18.3. The van der Waals surface area contributed by atoms with Gasteiger partial charge in [-0.1, -0.05) is 40.0 Å². The van der Waals surface area contributed by atoms with Crippen LogP contribution < -0.4 is 10.5 Å². The average Bonchev–Trinajstić information content (AvgIpc) is 3.17. The summed E-state index contributed by atoms with van der Waals surface area (Å²) < 4.78 is 7.14. The number of oxime groups is 1. The molecule has 0 spiro atoms. The van der Waals surface area contributed by atoms with Crippen LogP contribution in [0.4, 0.5) is 0 Å². The maximum atomic E-state index is 12.2. The smallest absolute Gasteiger partial charge is 0.385 e. The van der Waals surface area contributed by atoms with Crippen LogP contribution in [0.3, 0.4) is 0 Å². The molecule has 0 aliphatic carbocycles. The minimum atomic E-state index is -0.778. The van der Waals surface area contributed by atoms with E-state index in [1.54, 1.807) is 18.3 Å². The SMILES string of the molecule is Cc1cc(OCn2ccc(C(=O)O/N=C(\N)c3ccc(Cl)cc3Cl)n2)cc(C)c1Cl. The highest BCUT2D eigenvalue weighted by Crippen LogP contribution is 2.26. The summed E-state index contributed by atoms with van der Waals surface area (Å²) in [5.74, 6) is -0.201. The largest absolute Gasteiger partial charge is 0.471 e. The molecule has 0 aliphatic rings. The van der Waals surface area contributed by atoms with Crippen molar-refractivity contribution in [3.8, 4) is 5.75 Å². The zero-order chi connectivity index (χ0) is 21.8. The van der Waals surface area contributed by atoms with Crippen molar-refractivity contribution in [1.82, 2.24) is 9.78 Å². The van der Waals surface area contributed by atoms with Gasteiger partial charge in [0.2, 0.25) is 0 Å². The molecule has 0 atom stereocenters. The van der Waals surface area contributed by atoms with Gasteiger partial charge >= 0.3 is 5.97 Å². The fourth-order valence-corrected chi connectivity index (χ4v) is 3.17. The molecule has 1 heterocycles. The first kappa shape index (κ1) is 22.0. The van der Waals surface area contributed by atoms with Crippen LogP contribution in [-0.4, -0.2) is 21.6 Å². The van der Waals surface area contributed by atoms with Crippen LogP contribution >= 0.6 is 34.8 Å². The van der Waals surface area contributed by atoms with Crippen LogP contribution in [-0.2, 0) is 11.6 Å². The number of benzene rings is 2. The summed E-state index contributed by atoms with van der Waals surface area (Å²) in [4.78, 5) is 17.0. The predicted octanol–water partition coefficient (Wildman–Crippen LogP) is 4.97. The maximum Gasteiger partial charge on any atom is 0.385 e. The lowest BCUT2D eigenvalue weighted by Gasteiger charge is -2.09. The second-order valence-corrected chi connectivity index (χ2v) is 7.59. The Kier molecular flexibility index (Phi) is 6.87. The minimum Gasteiger partial charge on any atom is -0.471 e. The van der Waals surface area contributed by atoms with Gasteiger partial charge in [-0.25, -0.2) is 9.48 Å². The number of rotatable bonds is 6. The lowest BCUT2D eigenvalue weighted by Crippen LogP contribution is -2.16. The van der Waals surface area contributed by atoms with Crippen LogP contribution in [0.2, 0.25) is 15.1 Å². The minimum absolute atomic E-state index is 0.0424. The standard InChI is InChI=1S/C20H17Cl3N4O3/c1-11-7-14(8-12(2)18(11)23)29-10-27-6-5-17(25-27)20(28)30-26-19(24)15-4-3-13(21)9-16(15)22/h3-9H,10H2,1-2H3,(H2,24,26). The van der Waals surface area contributed by atoms with Crippen LogP contribution in [0.5, 0.6) is 5.75 Å². The molecule has 7 nitrogen and oxygen atoms in total. The normalized spacial score (nSPS) is 11.4. The quantitative estimate of drug-likeness (QED) is 0.239. The highest BCUT2D eigenvalue weighted by Gasteiger charge is 2.13. The van der Waals surface area contributed by atoms with Gasteiger partial charge < -0.3 is 15.3 Å². The number of nitrogens with zero attached hydrogens (tertiary/aromatic N) is 3. The highest BCUT2D eigenvalue weighted by molar-refractivity contribution is 6.36. The summed E-state index contributed by atoms with van der Waals surface area (Å²) in [6.45, 7) is 3.89. The van der Waals surface area contributed by atoms with Gasteiger partial charge in [-0.05, 0) is 61.4 Å². The van der Waals surface area contributed by atoms with Gasteiger partial charge in [-0.3, -0.25) is 0 Å². The number of ether oxygens (including phenoxy) is 1. The van der Waals surface area contributed by atoms with E-state index in [2.05, 4.69) is 10.3 Å². The maximum absolute atomic E-state index is 12.2. The van der Waals surface area contributed by atoms with Crippen molar-refractivity contribution in [2.45, 2.75) is 20.6 Å². The van der Waals surface area contributed by atoms with E-state index in [9.17, 15) is 4.79 Å². The average molecular weight is 468 g/mol. The number of carbonyl (C=O) groups is 1. The second-order valence-electron chi connectivity index (χ2n) is 6.36. The number of aromatic nitrogens is 2. The Hall–Kier alpha value is -2.74. The van der Waals surface area contributed by atoms with E-state index in [-0.39, 0.29) is 23.3 Å². The zero-order valence-electron chi connectivity index (χ0n) is 16.0. The summed E-state index contributed by atoms with van der Waals surface area (Å²) in [5, 5.41) is 9.16. The number of nitrogens with two attached hydrogens (primary N) is 1. The molecule has 0 unspecified atom stereocenters. The first-order chi connectivity index (χ1) is 14.2. The van der Waals surface area contributed by atoms with E-state index in [1.165, 1.54) is 16.8 Å². The molecule has 2 aromatic carbocycles. The monoisotopic (exact) mass is 466 g/mol. The van der Waals surface area contributed by atoms with E-state index in [0.29, 0.717) is 21.4 Å². The molecular formula is C20H17Cl3N4O3. The summed E-state index contributed by atoms with van der Waals surface area (Å²) >= 11 is 18.0. The molecule has 1 aromatic heterocycles. The molecule has 10 heteroatoms. The summed E-state index contributed by atoms with van der Waals surface area (Å²) in [5.41, 5.74) is 8.07. The summed E-state index contributed by atoms with van der Waals surface area (Å²) in [6, 6.07) is 9.81. The van der Waals surface area contributed by atoms with E-state index < -0.39 is 5.97 Å². The lowest BCUT2D eigenvalue weighted by atomic mass is 10.1. The van der Waals surface area contributed by atoms with Crippen LogP contribution in [0.1, 0.15) is 27.2 Å². The molecule has 156 valence electrons. The molecule has 0 saturated heterocycles. The van der Waals surface area contributed by atoms with Gasteiger partial charge in [-0.2, -0.15) is 5.10 Å². The lowest BCUT2D eigenvalue weighted by molar-refractivity contribution is 0.0507. The Morgan fingerprint density at radius 1 is 1.13 bits per heavy atom. The Labute approximate surface area is 187 Å². The van der Waals surface area contributed by atoms with Crippen molar-refractivity contribution in [1.29, 1.82) is 0 Å². The highest BCUT2D eigenvalue weighted by atomic mass is 35.5. The van der Waals surface area contributed by atoms with E-state index in [0.717, 1.165) is 11.1 Å². The molecule has 0 radical (unpaired) electrons. The Bertz CT molecular complexity index is 1110. The van der Waals surface area contributed by atoms with Crippen molar-refractivity contribution in [2.24, 2.45) is 10.9 Å². The molecule has 0 fully saturated rings. The van der Waals surface area contributed by atoms with Crippen LogP contribution in [0, 0.1) is 13.8 Å². The molecule has 2 N–H and O–H groups in total. The van der Waals surface area contributed by atoms with Crippen molar-refractivity contribution in [3.63, 3.8) is 0 Å². The molecule has 3 aromatic rings. The van der Waals surface area contributed by atoms with Gasteiger partial charge in [0.15, 0.2) is 18.3 Å². The molecule has 0 saturated carbocycles. The third kappa shape index (κ3) is 5.24. The number of carbonyl (C=O) groups excluding carboxylic acids is 1. The van der Waals surface area contributed by atoms with Crippen molar-refractivity contribution in [2.75, 3.05) is 0 Å². The fourth-order valence-electron chi connectivity index (χ4n) is 2.56. The topological polar surface area (TPSA) is 91.7 Å². The first-order valence-corrected chi connectivity index (χ1v) is 9.81. The van der Waals surface area contributed by atoms with Gasteiger partial charge in [0.1, 0.15) is 5.75 Å². The molecule has 0 aliphatic heterocycles. The van der Waals surface area contributed by atoms with Gasteiger partial charge in [0.05, 0.1) is 5.02 Å². The number of hydrogen-bond acceptors (Lipinski definition) is 5. The van der Waals surface area contributed by atoms with Crippen molar-refractivity contribution >= 4 is 46.6 Å². The third-order valence-corrected chi connectivity index (χ3v) is 5.20. The molecule has 0 bridgehead atoms. The van der Waals surface area contributed by atoms with Gasteiger partial charge in [0, 0.05) is 21.8 Å². The molecule has 3 rings (SSSR count). The number of amidine groups is 1. The van der Waals surface area contributed by atoms with Crippen LogP contribution in [0.25, 0.3) is 0 Å². The predicted molar refractivity (Wildman–Crippen MR) is 116 cm³/mol. The molecule has 30 heavy (non-hydrogen) atoms. The first-order valence-electron chi connectivity index (χ1n) is 8.68. The fraction of sp³-hybridized carbons (Fsp3) is 0.150. The summed E-state index contributed by atoms with van der Waals surface area (Å²) in [7, 11) is 0.